The van der Waals surface area contributed by atoms with E-state index in [9.17, 15) is 0 Å². The summed E-state index contributed by atoms with van der Waals surface area (Å²) in [4.78, 5) is 6.93. The van der Waals surface area contributed by atoms with E-state index in [1.807, 2.05) is 0 Å². The summed E-state index contributed by atoms with van der Waals surface area (Å²) in [6, 6.07) is 8.56. The molecule has 2 aliphatic rings. The Bertz CT molecular complexity index is 493. The Balaban J connectivity index is 1.57. The number of rotatable bonds is 4. The zero-order chi connectivity index (χ0) is 14.5. The van der Waals surface area contributed by atoms with Crippen molar-refractivity contribution in [3.8, 4) is 0 Å². The lowest BCUT2D eigenvalue weighted by Crippen LogP contribution is -2.34. The molecule has 1 aromatic carbocycles. The summed E-state index contributed by atoms with van der Waals surface area (Å²) in [6.07, 6.45) is 3.83. The lowest BCUT2D eigenvalue weighted by atomic mass is 10.1. The van der Waals surface area contributed by atoms with Crippen molar-refractivity contribution in [2.75, 3.05) is 33.2 Å². The molecule has 1 saturated heterocycles. The van der Waals surface area contributed by atoms with E-state index in [1.165, 1.54) is 11.1 Å². The second-order valence-corrected chi connectivity index (χ2v) is 6.02. The number of likely N-dealkylation sites (tertiary alicyclic amines) is 1. The molecule has 2 aliphatic heterocycles. The Hall–Kier alpha value is -1.39. The standard InChI is InChI=1S/C17H25N3O/c1-20-10-6-16(7-11-20)21-13-14-4-2-5-15(12-14)17-18-8-3-9-19-17/h2,4-5,12,16H,3,6-11,13H2,1H3,(H,18,19). The fourth-order valence-corrected chi connectivity index (χ4v) is 2.90. The molecule has 0 aliphatic carbocycles. The second kappa shape index (κ2) is 7.05. The average Bonchev–Trinajstić information content (AvgIpc) is 2.55. The Kier molecular flexibility index (Phi) is 4.88. The highest BCUT2D eigenvalue weighted by atomic mass is 16.5. The number of benzene rings is 1. The molecule has 4 heteroatoms. The molecular formula is C17H25N3O. The molecule has 21 heavy (non-hydrogen) atoms. The molecule has 4 nitrogen and oxygen atoms in total. The van der Waals surface area contributed by atoms with Crippen LogP contribution < -0.4 is 5.32 Å². The van der Waals surface area contributed by atoms with Gasteiger partial charge in [0.25, 0.3) is 0 Å². The first-order valence-corrected chi connectivity index (χ1v) is 7.99. The van der Waals surface area contributed by atoms with Gasteiger partial charge in [-0.25, -0.2) is 0 Å². The molecule has 3 rings (SSSR count). The molecule has 1 fully saturated rings. The van der Waals surface area contributed by atoms with Gasteiger partial charge >= 0.3 is 0 Å². The van der Waals surface area contributed by atoms with Crippen molar-refractivity contribution in [2.45, 2.75) is 32.0 Å². The van der Waals surface area contributed by atoms with Gasteiger partial charge < -0.3 is 15.0 Å². The molecule has 0 atom stereocenters. The smallest absolute Gasteiger partial charge is 0.128 e. The maximum absolute atomic E-state index is 6.07. The fourth-order valence-electron chi connectivity index (χ4n) is 2.90. The first kappa shape index (κ1) is 14.5. The number of nitrogens with one attached hydrogen (secondary N) is 1. The SMILES string of the molecule is CN1CCC(OCc2cccc(C3=NCCCN3)c2)CC1. The predicted molar refractivity (Wildman–Crippen MR) is 85.8 cm³/mol. The van der Waals surface area contributed by atoms with Crippen LogP contribution in [-0.2, 0) is 11.3 Å². The van der Waals surface area contributed by atoms with Crippen LogP contribution in [0.25, 0.3) is 0 Å². The molecule has 0 unspecified atom stereocenters. The Labute approximate surface area is 127 Å². The van der Waals surface area contributed by atoms with Crippen LogP contribution in [-0.4, -0.2) is 50.1 Å². The minimum atomic E-state index is 0.412. The highest BCUT2D eigenvalue weighted by Crippen LogP contribution is 2.15. The molecule has 0 radical (unpaired) electrons. The zero-order valence-electron chi connectivity index (χ0n) is 12.8. The van der Waals surface area contributed by atoms with Crippen LogP contribution in [0.4, 0.5) is 0 Å². The van der Waals surface area contributed by atoms with E-state index in [1.54, 1.807) is 0 Å². The van der Waals surface area contributed by atoms with E-state index in [-0.39, 0.29) is 0 Å². The third-order valence-electron chi connectivity index (χ3n) is 4.25. The normalized spacial score (nSPS) is 20.9. The van der Waals surface area contributed by atoms with Gasteiger partial charge in [0.2, 0.25) is 0 Å². The number of nitrogens with zero attached hydrogens (tertiary/aromatic N) is 2. The van der Waals surface area contributed by atoms with Gasteiger partial charge in [-0.3, -0.25) is 4.99 Å². The number of amidine groups is 1. The number of piperidine rings is 1. The summed E-state index contributed by atoms with van der Waals surface area (Å²) < 4.78 is 6.07. The van der Waals surface area contributed by atoms with Crippen molar-refractivity contribution in [3.05, 3.63) is 35.4 Å². The molecule has 0 amide bonds. The summed E-state index contributed by atoms with van der Waals surface area (Å²) in [5.74, 6) is 1.03. The van der Waals surface area contributed by atoms with E-state index in [0.717, 1.165) is 51.3 Å². The highest BCUT2D eigenvalue weighted by molar-refractivity contribution is 5.99. The number of hydrogen-bond donors (Lipinski definition) is 1. The first-order valence-electron chi connectivity index (χ1n) is 7.99. The Morgan fingerprint density at radius 1 is 1.33 bits per heavy atom. The molecule has 0 saturated carbocycles. The van der Waals surface area contributed by atoms with Crippen LogP contribution in [0.2, 0.25) is 0 Å². The lowest BCUT2D eigenvalue weighted by Gasteiger charge is -2.29. The van der Waals surface area contributed by atoms with Crippen molar-refractivity contribution >= 4 is 5.84 Å². The minimum absolute atomic E-state index is 0.412. The summed E-state index contributed by atoms with van der Waals surface area (Å²) in [5, 5.41) is 3.38. The molecular weight excluding hydrogens is 262 g/mol. The molecule has 1 aromatic rings. The van der Waals surface area contributed by atoms with Gasteiger partial charge in [0.15, 0.2) is 0 Å². The number of ether oxygens (including phenoxy) is 1. The summed E-state index contributed by atoms with van der Waals surface area (Å²) in [5.41, 5.74) is 2.42. The van der Waals surface area contributed by atoms with E-state index >= 15 is 0 Å². The van der Waals surface area contributed by atoms with Crippen molar-refractivity contribution in [3.63, 3.8) is 0 Å². The van der Waals surface area contributed by atoms with Crippen molar-refractivity contribution in [2.24, 2.45) is 4.99 Å². The quantitative estimate of drug-likeness (QED) is 0.921. The van der Waals surface area contributed by atoms with E-state index < -0.39 is 0 Å². The highest BCUT2D eigenvalue weighted by Gasteiger charge is 2.17. The maximum Gasteiger partial charge on any atom is 0.128 e. The maximum atomic E-state index is 6.07. The molecule has 0 spiro atoms. The van der Waals surface area contributed by atoms with Crippen molar-refractivity contribution in [1.29, 1.82) is 0 Å². The predicted octanol–water partition coefficient (Wildman–Crippen LogP) is 2.04. The number of hydrogen-bond acceptors (Lipinski definition) is 4. The topological polar surface area (TPSA) is 36.9 Å². The Morgan fingerprint density at radius 2 is 2.19 bits per heavy atom. The van der Waals surface area contributed by atoms with Gasteiger partial charge in [0.1, 0.15) is 5.84 Å². The van der Waals surface area contributed by atoms with Crippen molar-refractivity contribution in [1.82, 2.24) is 10.2 Å². The minimum Gasteiger partial charge on any atom is -0.373 e. The number of aliphatic imine (C=N–C) groups is 1. The van der Waals surface area contributed by atoms with Crippen LogP contribution >= 0.6 is 0 Å². The third-order valence-corrected chi connectivity index (χ3v) is 4.25. The molecule has 114 valence electrons. The van der Waals surface area contributed by atoms with Gasteiger partial charge in [0, 0.05) is 31.7 Å². The molecule has 0 aromatic heterocycles. The lowest BCUT2D eigenvalue weighted by molar-refractivity contribution is 0.00213. The van der Waals surface area contributed by atoms with E-state index in [0.29, 0.717) is 12.7 Å². The van der Waals surface area contributed by atoms with E-state index in [2.05, 4.69) is 46.5 Å². The first-order chi connectivity index (χ1) is 10.3. The third kappa shape index (κ3) is 4.05. The van der Waals surface area contributed by atoms with Crippen LogP contribution in [0.5, 0.6) is 0 Å². The second-order valence-electron chi connectivity index (χ2n) is 6.02. The van der Waals surface area contributed by atoms with Gasteiger partial charge in [-0.1, -0.05) is 18.2 Å². The molecule has 1 N–H and O–H groups in total. The monoisotopic (exact) mass is 287 g/mol. The van der Waals surface area contributed by atoms with Crippen LogP contribution in [0.15, 0.2) is 29.3 Å². The van der Waals surface area contributed by atoms with E-state index in [4.69, 9.17) is 4.74 Å². The largest absolute Gasteiger partial charge is 0.373 e. The van der Waals surface area contributed by atoms with Crippen LogP contribution in [0.1, 0.15) is 30.4 Å². The summed E-state index contributed by atoms with van der Waals surface area (Å²) in [7, 11) is 2.18. The van der Waals surface area contributed by atoms with Gasteiger partial charge in [-0.2, -0.15) is 0 Å². The fraction of sp³-hybridized carbons (Fsp3) is 0.588. The van der Waals surface area contributed by atoms with Crippen molar-refractivity contribution < 1.29 is 4.74 Å². The average molecular weight is 287 g/mol. The van der Waals surface area contributed by atoms with Gasteiger partial charge in [-0.15, -0.1) is 0 Å². The van der Waals surface area contributed by atoms with Crippen LogP contribution in [0.3, 0.4) is 0 Å². The summed E-state index contributed by atoms with van der Waals surface area (Å²) >= 11 is 0. The van der Waals surface area contributed by atoms with Gasteiger partial charge in [0.05, 0.1) is 12.7 Å². The molecule has 0 bridgehead atoms. The van der Waals surface area contributed by atoms with Gasteiger partial charge in [-0.05, 0) is 37.9 Å². The zero-order valence-corrected chi connectivity index (χ0v) is 12.8. The van der Waals surface area contributed by atoms with Crippen LogP contribution in [0, 0.1) is 0 Å². The molecule has 2 heterocycles. The summed E-state index contributed by atoms with van der Waals surface area (Å²) in [6.45, 7) is 4.94. The Morgan fingerprint density at radius 3 is 2.95 bits per heavy atom.